The summed E-state index contributed by atoms with van der Waals surface area (Å²) in [6, 6.07) is 10.4. The Morgan fingerprint density at radius 1 is 0.826 bits per heavy atom. The van der Waals surface area contributed by atoms with Gasteiger partial charge in [0, 0.05) is 32.7 Å². The number of piperazine rings is 1. The quantitative estimate of drug-likeness (QED) is 0.743. The maximum atomic E-state index is 12.2. The highest BCUT2D eigenvalue weighted by atomic mass is 35.5. The Bertz CT molecular complexity index is 408. The smallest absolute Gasteiger partial charge is 0.301 e. The number of alkyl halides is 3. The van der Waals surface area contributed by atoms with E-state index in [2.05, 4.69) is 29.2 Å². The lowest BCUT2D eigenvalue weighted by atomic mass is 10.1. The molecule has 1 aromatic rings. The molecule has 0 unspecified atom stereocenters. The predicted octanol–water partition coefficient (Wildman–Crippen LogP) is 4.03. The monoisotopic (exact) mass is 372 g/mol. The average molecular weight is 373 g/mol. The van der Waals surface area contributed by atoms with E-state index >= 15 is 0 Å². The molecule has 7 heteroatoms. The number of hydrogen-bond acceptors (Lipinski definition) is 2. The molecule has 1 fully saturated rings. The predicted molar refractivity (Wildman–Crippen MR) is 92.8 cm³/mol. The summed E-state index contributed by atoms with van der Waals surface area (Å²) in [6.45, 7) is 4.44. The van der Waals surface area contributed by atoms with Crippen LogP contribution >= 0.6 is 24.8 Å². The SMILES string of the molecule is Cl.Cl.FC(F)(F)CCN1CCN(CCCc2ccccc2)CC1. The number of aryl methyl sites for hydroxylation is 1. The minimum Gasteiger partial charge on any atom is -0.301 e. The second-order valence-corrected chi connectivity index (χ2v) is 5.64. The Hall–Kier alpha value is -0.490. The molecule has 0 N–H and O–H groups in total. The summed E-state index contributed by atoms with van der Waals surface area (Å²) in [5.74, 6) is 0. The second kappa shape index (κ2) is 11.1. The van der Waals surface area contributed by atoms with Gasteiger partial charge in [-0.05, 0) is 24.9 Å². The zero-order chi connectivity index (χ0) is 15.1. The van der Waals surface area contributed by atoms with Crippen LogP contribution in [0, 0.1) is 0 Å². The highest BCUT2D eigenvalue weighted by molar-refractivity contribution is 5.85. The van der Waals surface area contributed by atoms with Gasteiger partial charge in [-0.3, -0.25) is 0 Å². The van der Waals surface area contributed by atoms with Gasteiger partial charge in [-0.25, -0.2) is 0 Å². The van der Waals surface area contributed by atoms with Crippen molar-refractivity contribution >= 4 is 24.8 Å². The van der Waals surface area contributed by atoms with Crippen molar-refractivity contribution in [2.24, 2.45) is 0 Å². The van der Waals surface area contributed by atoms with E-state index < -0.39 is 12.6 Å². The van der Waals surface area contributed by atoms with Gasteiger partial charge in [0.15, 0.2) is 0 Å². The summed E-state index contributed by atoms with van der Waals surface area (Å²) in [4.78, 5) is 4.27. The molecule has 1 heterocycles. The van der Waals surface area contributed by atoms with Crippen molar-refractivity contribution in [1.29, 1.82) is 0 Å². The number of nitrogens with zero attached hydrogens (tertiary/aromatic N) is 2. The van der Waals surface area contributed by atoms with Gasteiger partial charge in [0.2, 0.25) is 0 Å². The summed E-state index contributed by atoms with van der Waals surface area (Å²) >= 11 is 0. The maximum Gasteiger partial charge on any atom is 0.390 e. The minimum atomic E-state index is -4.03. The van der Waals surface area contributed by atoms with E-state index in [1.165, 1.54) is 5.56 Å². The van der Waals surface area contributed by atoms with Crippen LogP contribution in [-0.2, 0) is 6.42 Å². The molecule has 1 aliphatic rings. The zero-order valence-corrected chi connectivity index (χ0v) is 14.7. The molecule has 0 aliphatic carbocycles. The van der Waals surface area contributed by atoms with E-state index in [9.17, 15) is 13.2 Å². The summed E-state index contributed by atoms with van der Waals surface area (Å²) in [6.07, 6.45) is -2.56. The molecule has 1 aliphatic heterocycles. The van der Waals surface area contributed by atoms with Crippen LogP contribution in [0.5, 0.6) is 0 Å². The fraction of sp³-hybridized carbons (Fsp3) is 0.625. The van der Waals surface area contributed by atoms with Crippen molar-refractivity contribution < 1.29 is 13.2 Å². The first kappa shape index (κ1) is 22.5. The third kappa shape index (κ3) is 9.40. The van der Waals surface area contributed by atoms with Crippen molar-refractivity contribution in [1.82, 2.24) is 9.80 Å². The first-order valence-corrected chi connectivity index (χ1v) is 7.58. The van der Waals surface area contributed by atoms with Gasteiger partial charge in [0.05, 0.1) is 6.42 Å². The molecule has 0 atom stereocenters. The third-order valence-electron chi connectivity index (χ3n) is 3.96. The second-order valence-electron chi connectivity index (χ2n) is 5.64. The molecule has 2 nitrogen and oxygen atoms in total. The molecular formula is C16H25Cl2F3N2. The lowest BCUT2D eigenvalue weighted by Gasteiger charge is -2.34. The summed E-state index contributed by atoms with van der Waals surface area (Å²) < 4.78 is 36.5. The zero-order valence-electron chi connectivity index (χ0n) is 13.1. The number of halogens is 5. The topological polar surface area (TPSA) is 6.48 Å². The highest BCUT2D eigenvalue weighted by Crippen LogP contribution is 2.20. The third-order valence-corrected chi connectivity index (χ3v) is 3.96. The largest absolute Gasteiger partial charge is 0.390 e. The summed E-state index contributed by atoms with van der Waals surface area (Å²) in [5.41, 5.74) is 1.35. The Kier molecular flexibility index (Phi) is 10.9. The van der Waals surface area contributed by atoms with Crippen LogP contribution < -0.4 is 0 Å². The van der Waals surface area contributed by atoms with Crippen LogP contribution in [-0.4, -0.2) is 55.2 Å². The minimum absolute atomic E-state index is 0. The first-order valence-electron chi connectivity index (χ1n) is 7.58. The molecule has 1 saturated heterocycles. The molecule has 0 aromatic heterocycles. The normalized spacial score (nSPS) is 16.5. The van der Waals surface area contributed by atoms with Crippen molar-refractivity contribution in [3.8, 4) is 0 Å². The Morgan fingerprint density at radius 3 is 1.87 bits per heavy atom. The standard InChI is InChI=1S/C16H23F3N2.2ClH/c17-16(18,19)8-10-21-13-11-20(12-14-21)9-4-7-15-5-2-1-3-6-15;;/h1-3,5-6H,4,7-14H2;2*1H. The van der Waals surface area contributed by atoms with Crippen molar-refractivity contribution in [3.05, 3.63) is 35.9 Å². The molecule has 0 amide bonds. The number of rotatable bonds is 6. The highest BCUT2D eigenvalue weighted by Gasteiger charge is 2.28. The number of hydrogen-bond donors (Lipinski definition) is 0. The van der Waals surface area contributed by atoms with Crippen LogP contribution in [0.2, 0.25) is 0 Å². The van der Waals surface area contributed by atoms with Gasteiger partial charge >= 0.3 is 6.18 Å². The van der Waals surface area contributed by atoms with E-state index in [1.807, 2.05) is 11.0 Å². The number of benzene rings is 1. The van der Waals surface area contributed by atoms with Gasteiger partial charge in [-0.1, -0.05) is 30.3 Å². The maximum absolute atomic E-state index is 12.2. The van der Waals surface area contributed by atoms with Gasteiger partial charge < -0.3 is 9.80 Å². The molecule has 0 radical (unpaired) electrons. The van der Waals surface area contributed by atoms with Crippen LogP contribution in [0.4, 0.5) is 13.2 Å². The molecular weight excluding hydrogens is 348 g/mol. The molecule has 23 heavy (non-hydrogen) atoms. The Morgan fingerprint density at radius 2 is 1.35 bits per heavy atom. The van der Waals surface area contributed by atoms with Crippen molar-refractivity contribution in [2.75, 3.05) is 39.3 Å². The lowest BCUT2D eigenvalue weighted by molar-refractivity contribution is -0.138. The van der Waals surface area contributed by atoms with Gasteiger partial charge in [-0.15, -0.1) is 24.8 Å². The fourth-order valence-electron chi connectivity index (χ4n) is 2.67. The van der Waals surface area contributed by atoms with Crippen LogP contribution in [0.1, 0.15) is 18.4 Å². The molecule has 0 spiro atoms. The summed E-state index contributed by atoms with van der Waals surface area (Å²) in [7, 11) is 0. The fourth-order valence-corrected chi connectivity index (χ4v) is 2.67. The first-order chi connectivity index (χ1) is 10.0. The Labute approximate surface area is 148 Å². The molecule has 1 aromatic carbocycles. The molecule has 2 rings (SSSR count). The van der Waals surface area contributed by atoms with Crippen LogP contribution in [0.3, 0.4) is 0 Å². The van der Waals surface area contributed by atoms with E-state index in [4.69, 9.17) is 0 Å². The van der Waals surface area contributed by atoms with E-state index in [0.29, 0.717) is 0 Å². The van der Waals surface area contributed by atoms with Crippen LogP contribution in [0.25, 0.3) is 0 Å². The van der Waals surface area contributed by atoms with Crippen molar-refractivity contribution in [3.63, 3.8) is 0 Å². The lowest BCUT2D eigenvalue weighted by Crippen LogP contribution is -2.47. The van der Waals surface area contributed by atoms with Gasteiger partial charge in [-0.2, -0.15) is 13.2 Å². The van der Waals surface area contributed by atoms with E-state index in [1.54, 1.807) is 0 Å². The van der Waals surface area contributed by atoms with Gasteiger partial charge in [0.1, 0.15) is 0 Å². The van der Waals surface area contributed by atoms with Crippen LogP contribution in [0.15, 0.2) is 30.3 Å². The van der Waals surface area contributed by atoms with E-state index in [-0.39, 0.29) is 31.4 Å². The molecule has 0 saturated carbocycles. The molecule has 134 valence electrons. The van der Waals surface area contributed by atoms with Gasteiger partial charge in [0.25, 0.3) is 0 Å². The average Bonchev–Trinajstić information content (AvgIpc) is 2.47. The van der Waals surface area contributed by atoms with E-state index in [0.717, 1.165) is 45.6 Å². The Balaban J connectivity index is 0.00000242. The van der Waals surface area contributed by atoms with Crippen molar-refractivity contribution in [2.45, 2.75) is 25.4 Å². The molecule has 0 bridgehead atoms. The summed E-state index contributed by atoms with van der Waals surface area (Å²) in [5, 5.41) is 0.